The fourth-order valence-corrected chi connectivity index (χ4v) is 2.97. The van der Waals surface area contributed by atoms with Gasteiger partial charge >= 0.3 is 5.97 Å². The molecule has 0 saturated carbocycles. The second-order valence-electron chi connectivity index (χ2n) is 6.28. The lowest BCUT2D eigenvalue weighted by molar-refractivity contribution is -0.384. The summed E-state index contributed by atoms with van der Waals surface area (Å²) in [6, 6.07) is 8.02. The van der Waals surface area contributed by atoms with E-state index in [-0.39, 0.29) is 21.4 Å². The van der Waals surface area contributed by atoms with Crippen molar-refractivity contribution in [2.75, 3.05) is 11.9 Å². The largest absolute Gasteiger partial charge is 0.454 e. The van der Waals surface area contributed by atoms with Crippen molar-refractivity contribution in [1.29, 1.82) is 0 Å². The van der Waals surface area contributed by atoms with Gasteiger partial charge in [0, 0.05) is 27.2 Å². The Bertz CT molecular complexity index is 1060. The van der Waals surface area contributed by atoms with Crippen molar-refractivity contribution >= 4 is 62.6 Å². The molecule has 2 rings (SSSR count). The number of hydrogen-bond acceptors (Lipinski definition) is 7. The van der Waals surface area contributed by atoms with Gasteiger partial charge in [0.15, 0.2) is 6.61 Å². The number of nitro groups is 1. The third-order valence-electron chi connectivity index (χ3n) is 3.88. The van der Waals surface area contributed by atoms with E-state index in [0.717, 1.165) is 0 Å². The van der Waals surface area contributed by atoms with E-state index in [1.54, 1.807) is 0 Å². The number of non-ortho nitro benzene ring substituents is 1. The molecule has 0 aliphatic rings. The number of hydrogen-bond donors (Lipinski definition) is 3. The number of carbonyl (C=O) groups is 4. The summed E-state index contributed by atoms with van der Waals surface area (Å²) in [7, 11) is 0. The maximum Gasteiger partial charge on any atom is 0.329 e. The first-order valence-electron chi connectivity index (χ1n) is 8.82. The van der Waals surface area contributed by atoms with Crippen LogP contribution >= 0.6 is 27.5 Å². The molecule has 2 aromatic carbocycles. The number of nitrogens with one attached hydrogen (secondary N) is 2. The normalized spacial score (nSPS) is 11.2. The van der Waals surface area contributed by atoms with Gasteiger partial charge in [0.25, 0.3) is 17.5 Å². The van der Waals surface area contributed by atoms with Crippen molar-refractivity contribution in [3.8, 4) is 0 Å². The van der Waals surface area contributed by atoms with Crippen LogP contribution in [0.5, 0.6) is 0 Å². The van der Waals surface area contributed by atoms with Crippen LogP contribution in [0.3, 0.4) is 0 Å². The Hall–Kier alpha value is -3.51. The van der Waals surface area contributed by atoms with E-state index in [9.17, 15) is 29.3 Å². The molecule has 2 aromatic rings. The first-order chi connectivity index (χ1) is 15.1. The Balaban J connectivity index is 1.98. The number of benzene rings is 2. The molecule has 13 heteroatoms. The SMILES string of the molecule is NC(=O)C[C@H](NC(=O)c1ccc(Cl)cc1)C(=O)OCC(=O)Nc1ccc([N+](=O)[O-])cc1Br. The highest BCUT2D eigenvalue weighted by Crippen LogP contribution is 2.27. The van der Waals surface area contributed by atoms with Crippen LogP contribution in [0.4, 0.5) is 11.4 Å². The van der Waals surface area contributed by atoms with E-state index in [2.05, 4.69) is 26.6 Å². The van der Waals surface area contributed by atoms with Gasteiger partial charge < -0.3 is 21.1 Å². The monoisotopic (exact) mass is 526 g/mol. The predicted molar refractivity (Wildman–Crippen MR) is 117 cm³/mol. The zero-order valence-electron chi connectivity index (χ0n) is 16.2. The third kappa shape index (κ3) is 7.32. The topological polar surface area (TPSA) is 171 Å². The van der Waals surface area contributed by atoms with E-state index in [4.69, 9.17) is 22.1 Å². The minimum atomic E-state index is -1.42. The van der Waals surface area contributed by atoms with Crippen LogP contribution in [0, 0.1) is 10.1 Å². The van der Waals surface area contributed by atoms with Crippen LogP contribution in [-0.2, 0) is 19.1 Å². The standard InChI is InChI=1S/C19H16BrClN4O7/c20-13-7-12(25(30)31)5-6-14(13)23-17(27)9-32-19(29)15(8-16(22)26)24-18(28)10-1-3-11(21)4-2-10/h1-7,15H,8-9H2,(H2,22,26)(H,23,27)(H,24,28)/t15-/m0/s1. The number of anilines is 1. The Morgan fingerprint density at radius 2 is 1.81 bits per heavy atom. The van der Waals surface area contributed by atoms with Crippen molar-refractivity contribution in [2.45, 2.75) is 12.5 Å². The summed E-state index contributed by atoms with van der Waals surface area (Å²) in [5.74, 6) is -3.36. The maximum atomic E-state index is 12.3. The number of halogens is 2. The van der Waals surface area contributed by atoms with Gasteiger partial charge in [0.2, 0.25) is 5.91 Å². The molecule has 168 valence electrons. The molecule has 0 radical (unpaired) electrons. The summed E-state index contributed by atoms with van der Waals surface area (Å²) in [5, 5.41) is 15.9. The zero-order chi connectivity index (χ0) is 23.8. The van der Waals surface area contributed by atoms with Gasteiger partial charge in [-0.1, -0.05) is 11.6 Å². The number of rotatable bonds is 9. The zero-order valence-corrected chi connectivity index (χ0v) is 18.5. The van der Waals surface area contributed by atoms with Gasteiger partial charge in [0.05, 0.1) is 17.0 Å². The number of ether oxygens (including phenoxy) is 1. The van der Waals surface area contributed by atoms with Gasteiger partial charge in [-0.15, -0.1) is 0 Å². The molecule has 0 unspecified atom stereocenters. The van der Waals surface area contributed by atoms with E-state index in [0.29, 0.717) is 5.02 Å². The van der Waals surface area contributed by atoms with Crippen molar-refractivity contribution in [2.24, 2.45) is 5.73 Å². The number of primary amides is 1. The number of carbonyl (C=O) groups excluding carboxylic acids is 4. The molecule has 0 fully saturated rings. The lowest BCUT2D eigenvalue weighted by Gasteiger charge is -2.16. The van der Waals surface area contributed by atoms with Crippen LogP contribution in [0.2, 0.25) is 5.02 Å². The van der Waals surface area contributed by atoms with Gasteiger partial charge in [-0.3, -0.25) is 24.5 Å². The van der Waals surface area contributed by atoms with Gasteiger partial charge in [-0.2, -0.15) is 0 Å². The number of nitrogens with two attached hydrogens (primary N) is 1. The van der Waals surface area contributed by atoms with E-state index in [1.165, 1.54) is 42.5 Å². The molecular formula is C19H16BrClN4O7. The molecular weight excluding hydrogens is 512 g/mol. The van der Waals surface area contributed by atoms with E-state index < -0.39 is 47.7 Å². The summed E-state index contributed by atoms with van der Waals surface area (Å²) in [6.45, 7) is -0.742. The summed E-state index contributed by atoms with van der Waals surface area (Å²) in [5.41, 5.74) is 5.33. The average Bonchev–Trinajstić information content (AvgIpc) is 2.72. The number of nitro benzene ring substituents is 1. The summed E-state index contributed by atoms with van der Waals surface area (Å²) in [4.78, 5) is 58.1. The second-order valence-corrected chi connectivity index (χ2v) is 7.57. The number of amides is 3. The molecule has 3 amide bonds. The van der Waals surface area contributed by atoms with Crippen LogP contribution in [0.15, 0.2) is 46.9 Å². The van der Waals surface area contributed by atoms with Crippen LogP contribution < -0.4 is 16.4 Å². The third-order valence-corrected chi connectivity index (χ3v) is 4.79. The first-order valence-corrected chi connectivity index (χ1v) is 9.99. The van der Waals surface area contributed by atoms with Crippen LogP contribution in [-0.4, -0.2) is 41.3 Å². The quantitative estimate of drug-likeness (QED) is 0.255. The number of nitrogens with zero attached hydrogens (tertiary/aromatic N) is 1. The molecule has 11 nitrogen and oxygen atoms in total. The summed E-state index contributed by atoms with van der Waals surface area (Å²) < 4.78 is 5.12. The Morgan fingerprint density at radius 1 is 1.16 bits per heavy atom. The molecule has 0 saturated heterocycles. The Kier molecular flexibility index (Phi) is 8.67. The maximum absolute atomic E-state index is 12.3. The minimum Gasteiger partial charge on any atom is -0.454 e. The van der Waals surface area contributed by atoms with Gasteiger partial charge in [-0.05, 0) is 46.3 Å². The van der Waals surface area contributed by atoms with Crippen LogP contribution in [0.25, 0.3) is 0 Å². The van der Waals surface area contributed by atoms with Crippen molar-refractivity contribution in [3.05, 3.63) is 67.6 Å². The highest BCUT2D eigenvalue weighted by Gasteiger charge is 2.26. The van der Waals surface area contributed by atoms with Crippen molar-refractivity contribution in [1.82, 2.24) is 5.32 Å². The van der Waals surface area contributed by atoms with Crippen molar-refractivity contribution in [3.63, 3.8) is 0 Å². The van der Waals surface area contributed by atoms with Crippen molar-refractivity contribution < 1.29 is 28.8 Å². The number of esters is 1. The summed E-state index contributed by atoms with van der Waals surface area (Å²) >= 11 is 8.86. The lowest BCUT2D eigenvalue weighted by Crippen LogP contribution is -2.44. The van der Waals surface area contributed by atoms with Gasteiger partial charge in [0.1, 0.15) is 6.04 Å². The predicted octanol–water partition coefficient (Wildman–Crippen LogP) is 2.17. The molecule has 1 atom stereocenters. The highest BCUT2D eigenvalue weighted by atomic mass is 79.9. The highest BCUT2D eigenvalue weighted by molar-refractivity contribution is 9.10. The lowest BCUT2D eigenvalue weighted by atomic mass is 10.1. The fourth-order valence-electron chi connectivity index (χ4n) is 2.38. The molecule has 0 aliphatic carbocycles. The summed E-state index contributed by atoms with van der Waals surface area (Å²) in [6.07, 6.45) is -0.548. The Morgan fingerprint density at radius 3 is 2.38 bits per heavy atom. The Labute approximate surface area is 194 Å². The molecule has 0 spiro atoms. The second kappa shape index (κ2) is 11.2. The average molecular weight is 528 g/mol. The van der Waals surface area contributed by atoms with E-state index >= 15 is 0 Å². The molecule has 0 aliphatic heterocycles. The van der Waals surface area contributed by atoms with Crippen LogP contribution in [0.1, 0.15) is 16.8 Å². The molecule has 4 N–H and O–H groups in total. The van der Waals surface area contributed by atoms with E-state index in [1.807, 2.05) is 0 Å². The van der Waals surface area contributed by atoms with Gasteiger partial charge in [-0.25, -0.2) is 4.79 Å². The fraction of sp³-hybridized carbons (Fsp3) is 0.158. The molecule has 0 bridgehead atoms. The molecule has 32 heavy (non-hydrogen) atoms. The first kappa shape index (κ1) is 24.8. The minimum absolute atomic E-state index is 0.178. The smallest absolute Gasteiger partial charge is 0.329 e. The molecule has 0 heterocycles. The molecule has 0 aromatic heterocycles.